The highest BCUT2D eigenvalue weighted by Gasteiger charge is 2.51. The third-order valence-corrected chi connectivity index (χ3v) is 7.48. The van der Waals surface area contributed by atoms with Crippen LogP contribution < -0.4 is 5.32 Å². The molecule has 2 aromatic rings. The van der Waals surface area contributed by atoms with Crippen LogP contribution in [0, 0.1) is 5.41 Å². The highest BCUT2D eigenvalue weighted by molar-refractivity contribution is 7.98. The number of carboxylic acids is 1. The highest BCUT2D eigenvalue weighted by atomic mass is 32.2. The minimum absolute atomic E-state index is 0.0704. The van der Waals surface area contributed by atoms with Crippen LogP contribution in [-0.4, -0.2) is 65.7 Å². The van der Waals surface area contributed by atoms with Crippen LogP contribution in [0.25, 0.3) is 11.1 Å². The van der Waals surface area contributed by atoms with Gasteiger partial charge in [-0.2, -0.15) is 11.8 Å². The highest BCUT2D eigenvalue weighted by Crippen LogP contribution is 2.44. The number of carboxylic acid groups (broad SMARTS) is 1. The number of hydrogen-bond acceptors (Lipinski definition) is 5. The van der Waals surface area contributed by atoms with Crippen molar-refractivity contribution < 1.29 is 24.2 Å². The first-order valence-corrected chi connectivity index (χ1v) is 13.0. The Morgan fingerprint density at radius 2 is 1.77 bits per heavy atom. The van der Waals surface area contributed by atoms with Crippen molar-refractivity contribution in [2.45, 2.75) is 24.8 Å². The molecule has 1 heterocycles. The third kappa shape index (κ3) is 4.93. The number of ether oxygens (including phenoxy) is 1. The van der Waals surface area contributed by atoms with Crippen molar-refractivity contribution >= 4 is 29.7 Å². The molecule has 1 aliphatic carbocycles. The molecule has 2 aromatic carbocycles. The predicted molar refractivity (Wildman–Crippen MR) is 136 cm³/mol. The van der Waals surface area contributed by atoms with Crippen molar-refractivity contribution in [1.82, 2.24) is 10.2 Å². The van der Waals surface area contributed by atoms with Gasteiger partial charge < -0.3 is 20.1 Å². The fourth-order valence-electron chi connectivity index (χ4n) is 4.96. The SMILES string of the molecule is C=CCC1(C(=O)O)CN(C(=O)C(CCSC)NC(=O)OCC2c3ccccc3-c3ccccc32)C1. The molecule has 0 spiro atoms. The number of nitrogens with zero attached hydrogens (tertiary/aromatic N) is 1. The number of aliphatic carboxylic acids is 1. The molecule has 1 aliphatic heterocycles. The number of amides is 2. The van der Waals surface area contributed by atoms with E-state index in [0.29, 0.717) is 18.6 Å². The van der Waals surface area contributed by atoms with Crippen LogP contribution in [0.4, 0.5) is 4.79 Å². The number of rotatable bonds is 10. The summed E-state index contributed by atoms with van der Waals surface area (Å²) in [5.41, 5.74) is 3.52. The average molecular weight is 495 g/mol. The minimum atomic E-state index is -0.995. The number of hydrogen-bond donors (Lipinski definition) is 2. The summed E-state index contributed by atoms with van der Waals surface area (Å²) in [6, 6.07) is 15.4. The van der Waals surface area contributed by atoms with Gasteiger partial charge in [-0.3, -0.25) is 9.59 Å². The summed E-state index contributed by atoms with van der Waals surface area (Å²) in [6.45, 7) is 4.01. The van der Waals surface area contributed by atoms with Crippen LogP contribution in [-0.2, 0) is 14.3 Å². The second-order valence-electron chi connectivity index (χ2n) is 9.08. The normalized spacial score (nSPS) is 16.4. The zero-order valence-corrected chi connectivity index (χ0v) is 20.6. The van der Waals surface area contributed by atoms with E-state index >= 15 is 0 Å². The molecule has 184 valence electrons. The van der Waals surface area contributed by atoms with E-state index in [1.165, 1.54) is 4.90 Å². The van der Waals surface area contributed by atoms with Crippen molar-refractivity contribution in [1.29, 1.82) is 0 Å². The van der Waals surface area contributed by atoms with E-state index in [1.807, 2.05) is 42.7 Å². The zero-order chi connectivity index (χ0) is 25.0. The quantitative estimate of drug-likeness (QED) is 0.482. The molecule has 0 bridgehead atoms. The van der Waals surface area contributed by atoms with Crippen LogP contribution in [0.5, 0.6) is 0 Å². The van der Waals surface area contributed by atoms with Gasteiger partial charge in [-0.1, -0.05) is 54.6 Å². The molecule has 0 radical (unpaired) electrons. The van der Waals surface area contributed by atoms with Crippen molar-refractivity contribution in [3.05, 3.63) is 72.3 Å². The lowest BCUT2D eigenvalue weighted by atomic mass is 9.76. The van der Waals surface area contributed by atoms with E-state index in [2.05, 4.69) is 24.0 Å². The molecule has 0 saturated carbocycles. The van der Waals surface area contributed by atoms with Gasteiger partial charge in [0, 0.05) is 19.0 Å². The molecule has 4 rings (SSSR count). The molecular weight excluding hydrogens is 464 g/mol. The molecule has 0 aromatic heterocycles. The zero-order valence-electron chi connectivity index (χ0n) is 19.7. The smallest absolute Gasteiger partial charge is 0.407 e. The monoisotopic (exact) mass is 494 g/mol. The standard InChI is InChI=1S/C27H30N2O5S/c1-3-13-27(25(31)32)16-29(17-27)24(30)23(12-14-35-2)28-26(33)34-15-22-20-10-6-4-8-18(20)19-9-5-7-11-21(19)22/h3-11,22-23H,1,12-17H2,2H3,(H,28,33)(H,31,32). The number of likely N-dealkylation sites (tertiary alicyclic amines) is 1. The van der Waals surface area contributed by atoms with Crippen molar-refractivity contribution in [2.24, 2.45) is 5.41 Å². The summed E-state index contributed by atoms with van der Waals surface area (Å²) >= 11 is 1.57. The lowest BCUT2D eigenvalue weighted by Gasteiger charge is -2.47. The molecule has 35 heavy (non-hydrogen) atoms. The van der Waals surface area contributed by atoms with Gasteiger partial charge >= 0.3 is 12.1 Å². The Hall–Kier alpha value is -3.26. The van der Waals surface area contributed by atoms with Crippen LogP contribution in [0.2, 0.25) is 0 Å². The number of benzene rings is 2. The maximum absolute atomic E-state index is 13.1. The Bertz CT molecular complexity index is 1080. The van der Waals surface area contributed by atoms with Gasteiger partial charge in [-0.25, -0.2) is 4.79 Å². The van der Waals surface area contributed by atoms with Gasteiger partial charge in [-0.15, -0.1) is 6.58 Å². The summed E-state index contributed by atoms with van der Waals surface area (Å²) < 4.78 is 5.61. The molecule has 1 fully saturated rings. The number of fused-ring (bicyclic) bond motifs is 3. The Morgan fingerprint density at radius 3 is 2.31 bits per heavy atom. The van der Waals surface area contributed by atoms with Gasteiger partial charge in [-0.05, 0) is 47.1 Å². The lowest BCUT2D eigenvalue weighted by molar-refractivity contribution is -0.166. The summed E-state index contributed by atoms with van der Waals surface area (Å²) in [4.78, 5) is 39.0. The van der Waals surface area contributed by atoms with Gasteiger partial charge in [0.05, 0.1) is 0 Å². The molecule has 1 unspecified atom stereocenters. The van der Waals surface area contributed by atoms with Crippen molar-refractivity contribution in [3.8, 4) is 11.1 Å². The molecule has 1 atom stereocenters. The van der Waals surface area contributed by atoms with E-state index < -0.39 is 23.5 Å². The average Bonchev–Trinajstić information content (AvgIpc) is 3.15. The molecule has 2 aliphatic rings. The fourth-order valence-corrected chi connectivity index (χ4v) is 5.44. The number of nitrogens with one attached hydrogen (secondary N) is 1. The molecule has 1 saturated heterocycles. The molecule has 2 N–H and O–H groups in total. The maximum Gasteiger partial charge on any atom is 0.407 e. The van der Waals surface area contributed by atoms with Gasteiger partial charge in [0.2, 0.25) is 5.91 Å². The Morgan fingerprint density at radius 1 is 1.17 bits per heavy atom. The van der Waals surface area contributed by atoms with E-state index in [4.69, 9.17) is 4.74 Å². The van der Waals surface area contributed by atoms with E-state index in [0.717, 1.165) is 22.3 Å². The summed E-state index contributed by atoms with van der Waals surface area (Å²) in [5, 5.41) is 12.3. The molecule has 2 amide bonds. The lowest BCUT2D eigenvalue weighted by Crippen LogP contribution is -2.65. The second kappa shape index (κ2) is 10.6. The number of thioether (sulfide) groups is 1. The Kier molecular flexibility index (Phi) is 7.50. The maximum atomic E-state index is 13.1. The molecule has 8 heteroatoms. The summed E-state index contributed by atoms with van der Waals surface area (Å²) in [6.07, 6.45) is 3.57. The number of carbonyl (C=O) groups is 3. The number of alkyl carbamates (subject to hydrolysis) is 1. The van der Waals surface area contributed by atoms with Crippen LogP contribution in [0.1, 0.15) is 29.9 Å². The molecule has 7 nitrogen and oxygen atoms in total. The number of carbonyl (C=O) groups excluding carboxylic acids is 2. The topological polar surface area (TPSA) is 95.9 Å². The number of allylic oxidation sites excluding steroid dienone is 1. The van der Waals surface area contributed by atoms with Crippen LogP contribution in [0.3, 0.4) is 0 Å². The van der Waals surface area contributed by atoms with Crippen LogP contribution >= 0.6 is 11.8 Å². The fraction of sp³-hybridized carbons (Fsp3) is 0.370. The van der Waals surface area contributed by atoms with Gasteiger partial charge in [0.25, 0.3) is 0 Å². The van der Waals surface area contributed by atoms with Crippen LogP contribution in [0.15, 0.2) is 61.2 Å². The van der Waals surface area contributed by atoms with Crippen molar-refractivity contribution in [2.75, 3.05) is 31.7 Å². The first-order chi connectivity index (χ1) is 16.9. The summed E-state index contributed by atoms with van der Waals surface area (Å²) in [5.74, 6) is -0.621. The van der Waals surface area contributed by atoms with E-state index in [-0.39, 0.29) is 31.5 Å². The van der Waals surface area contributed by atoms with Crippen molar-refractivity contribution in [3.63, 3.8) is 0 Å². The molecular formula is C27H30N2O5S. The Balaban J connectivity index is 1.39. The minimum Gasteiger partial charge on any atom is -0.481 e. The first-order valence-electron chi connectivity index (χ1n) is 11.6. The van der Waals surface area contributed by atoms with Gasteiger partial charge in [0.1, 0.15) is 18.1 Å². The van der Waals surface area contributed by atoms with E-state index in [1.54, 1.807) is 17.8 Å². The largest absolute Gasteiger partial charge is 0.481 e. The summed E-state index contributed by atoms with van der Waals surface area (Å²) in [7, 11) is 0. The van der Waals surface area contributed by atoms with Gasteiger partial charge in [0.15, 0.2) is 0 Å². The second-order valence-corrected chi connectivity index (χ2v) is 10.1. The third-order valence-electron chi connectivity index (χ3n) is 6.83. The first kappa shape index (κ1) is 24.9. The Labute approximate surface area is 209 Å². The predicted octanol–water partition coefficient (Wildman–Crippen LogP) is 4.14. The van der Waals surface area contributed by atoms with E-state index in [9.17, 15) is 19.5 Å².